The number of aromatic nitrogens is 3. The monoisotopic (exact) mass is 323 g/mol. The van der Waals surface area contributed by atoms with Gasteiger partial charge in [-0.05, 0) is 48.9 Å². The Bertz CT molecular complexity index is 480. The van der Waals surface area contributed by atoms with Gasteiger partial charge in [0.1, 0.15) is 11.6 Å². The average molecular weight is 324 g/mol. The maximum Gasteiger partial charge on any atom is 0.143 e. The summed E-state index contributed by atoms with van der Waals surface area (Å²) in [7, 11) is 0. The molecule has 2 bridgehead atoms. The zero-order valence-corrected chi connectivity index (χ0v) is 13.3. The second kappa shape index (κ2) is 4.31. The van der Waals surface area contributed by atoms with Crippen molar-refractivity contribution in [1.29, 1.82) is 0 Å². The third-order valence-electron chi connectivity index (χ3n) is 5.56. The molecular weight excluding hydrogens is 302 g/mol. The van der Waals surface area contributed by atoms with Gasteiger partial charge < -0.3 is 4.57 Å². The fourth-order valence-electron chi connectivity index (χ4n) is 4.93. The molecule has 4 unspecified atom stereocenters. The van der Waals surface area contributed by atoms with Gasteiger partial charge in [-0.25, -0.2) is 0 Å². The molecule has 3 fully saturated rings. The molecule has 4 heteroatoms. The number of alkyl halides is 1. The van der Waals surface area contributed by atoms with E-state index < -0.39 is 0 Å². The van der Waals surface area contributed by atoms with E-state index in [-0.39, 0.29) is 0 Å². The molecular formula is C15H22BrN3. The van der Waals surface area contributed by atoms with E-state index in [9.17, 15) is 0 Å². The number of fused-ring (bicyclic) bond motifs is 5. The smallest absolute Gasteiger partial charge is 0.143 e. The summed E-state index contributed by atoms with van der Waals surface area (Å²) in [5, 5.41) is 9.80. The van der Waals surface area contributed by atoms with Crippen LogP contribution in [0.5, 0.6) is 0 Å². The van der Waals surface area contributed by atoms with Gasteiger partial charge in [0.2, 0.25) is 0 Å². The SMILES string of the molecule is CC(C)Cn1c(CBr)nnc1C1C2C3CCC(C3)C12. The van der Waals surface area contributed by atoms with Crippen LogP contribution in [0, 0.1) is 29.6 Å². The third-order valence-corrected chi connectivity index (χ3v) is 6.06. The first-order chi connectivity index (χ1) is 9.20. The Morgan fingerprint density at radius 2 is 1.89 bits per heavy atom. The largest absolute Gasteiger partial charge is 0.314 e. The summed E-state index contributed by atoms with van der Waals surface area (Å²) in [4.78, 5) is 0. The molecule has 1 aromatic heterocycles. The van der Waals surface area contributed by atoms with Crippen LogP contribution in [0.25, 0.3) is 0 Å². The fourth-order valence-corrected chi connectivity index (χ4v) is 5.34. The van der Waals surface area contributed by atoms with Crippen molar-refractivity contribution >= 4 is 15.9 Å². The summed E-state index contributed by atoms with van der Waals surface area (Å²) in [6, 6.07) is 0. The molecule has 104 valence electrons. The minimum absolute atomic E-state index is 0.655. The minimum Gasteiger partial charge on any atom is -0.314 e. The first-order valence-electron chi connectivity index (χ1n) is 7.68. The van der Waals surface area contributed by atoms with E-state index in [1.54, 1.807) is 0 Å². The topological polar surface area (TPSA) is 30.7 Å². The van der Waals surface area contributed by atoms with Gasteiger partial charge in [-0.2, -0.15) is 0 Å². The predicted molar refractivity (Wildman–Crippen MR) is 78.0 cm³/mol. The average Bonchev–Trinajstić information content (AvgIpc) is 2.76. The van der Waals surface area contributed by atoms with E-state index in [0.29, 0.717) is 5.92 Å². The Morgan fingerprint density at radius 1 is 1.21 bits per heavy atom. The van der Waals surface area contributed by atoms with Gasteiger partial charge in [0.25, 0.3) is 0 Å². The molecule has 0 aliphatic heterocycles. The number of hydrogen-bond donors (Lipinski definition) is 0. The molecule has 0 N–H and O–H groups in total. The second-order valence-corrected chi connectivity index (χ2v) is 7.69. The molecule has 3 saturated carbocycles. The molecule has 3 aliphatic rings. The van der Waals surface area contributed by atoms with Crippen molar-refractivity contribution in [2.24, 2.45) is 29.6 Å². The van der Waals surface area contributed by atoms with Crippen LogP contribution >= 0.6 is 15.9 Å². The van der Waals surface area contributed by atoms with Crippen molar-refractivity contribution < 1.29 is 0 Å². The highest BCUT2D eigenvalue weighted by Gasteiger charge is 2.66. The van der Waals surface area contributed by atoms with E-state index in [1.165, 1.54) is 25.1 Å². The van der Waals surface area contributed by atoms with Crippen molar-refractivity contribution in [2.45, 2.75) is 50.9 Å². The molecule has 1 aromatic rings. The van der Waals surface area contributed by atoms with Crippen LogP contribution in [-0.4, -0.2) is 14.8 Å². The summed E-state index contributed by atoms with van der Waals surface area (Å²) < 4.78 is 2.40. The Hall–Kier alpha value is -0.380. The van der Waals surface area contributed by atoms with Crippen molar-refractivity contribution in [3.63, 3.8) is 0 Å². The highest BCUT2D eigenvalue weighted by atomic mass is 79.9. The van der Waals surface area contributed by atoms with E-state index in [2.05, 4.69) is 44.5 Å². The quantitative estimate of drug-likeness (QED) is 0.793. The van der Waals surface area contributed by atoms with Gasteiger partial charge in [0, 0.05) is 12.5 Å². The highest BCUT2D eigenvalue weighted by molar-refractivity contribution is 9.08. The van der Waals surface area contributed by atoms with Crippen LogP contribution < -0.4 is 0 Å². The lowest BCUT2D eigenvalue weighted by Gasteiger charge is -2.14. The van der Waals surface area contributed by atoms with Crippen LogP contribution in [0.1, 0.15) is 50.7 Å². The number of hydrogen-bond acceptors (Lipinski definition) is 2. The molecule has 4 atom stereocenters. The zero-order chi connectivity index (χ0) is 13.1. The molecule has 19 heavy (non-hydrogen) atoms. The van der Waals surface area contributed by atoms with Crippen LogP contribution in [0.3, 0.4) is 0 Å². The van der Waals surface area contributed by atoms with Gasteiger partial charge in [0.15, 0.2) is 0 Å². The van der Waals surface area contributed by atoms with Crippen LogP contribution in [0.15, 0.2) is 0 Å². The summed E-state index contributed by atoms with van der Waals surface area (Å²) in [5.74, 6) is 7.74. The lowest BCUT2D eigenvalue weighted by atomic mass is 10.0. The molecule has 4 rings (SSSR count). The van der Waals surface area contributed by atoms with Gasteiger partial charge in [0.05, 0.1) is 5.33 Å². The van der Waals surface area contributed by atoms with Gasteiger partial charge >= 0.3 is 0 Å². The van der Waals surface area contributed by atoms with Crippen molar-refractivity contribution in [1.82, 2.24) is 14.8 Å². The van der Waals surface area contributed by atoms with E-state index >= 15 is 0 Å². The molecule has 0 radical (unpaired) electrons. The molecule has 3 aliphatic carbocycles. The standard InChI is InChI=1S/C15H22BrN3/c1-8(2)7-19-11(6-16)17-18-15(19)14-12-9-3-4-10(5-9)13(12)14/h8-10,12-14H,3-7H2,1-2H3. The summed E-state index contributed by atoms with van der Waals surface area (Å²) in [5.41, 5.74) is 0. The summed E-state index contributed by atoms with van der Waals surface area (Å²) in [6.45, 7) is 5.62. The van der Waals surface area contributed by atoms with Crippen molar-refractivity contribution in [3.8, 4) is 0 Å². The van der Waals surface area contributed by atoms with E-state index in [1.807, 2.05) is 0 Å². The number of rotatable bonds is 4. The first-order valence-corrected chi connectivity index (χ1v) is 8.80. The molecule has 1 heterocycles. The number of halogens is 1. The van der Waals surface area contributed by atoms with Crippen molar-refractivity contribution in [2.75, 3.05) is 0 Å². The predicted octanol–water partition coefficient (Wildman–Crippen LogP) is 3.59. The molecule has 0 saturated heterocycles. The Balaban J connectivity index is 1.64. The van der Waals surface area contributed by atoms with Crippen molar-refractivity contribution in [3.05, 3.63) is 11.6 Å². The third kappa shape index (κ3) is 1.75. The minimum atomic E-state index is 0.655. The molecule has 0 amide bonds. The maximum atomic E-state index is 4.56. The fraction of sp³-hybridized carbons (Fsp3) is 0.867. The van der Waals surface area contributed by atoms with E-state index in [0.717, 1.165) is 47.3 Å². The van der Waals surface area contributed by atoms with Gasteiger partial charge in [-0.1, -0.05) is 29.8 Å². The molecule has 3 nitrogen and oxygen atoms in total. The summed E-state index contributed by atoms with van der Waals surface area (Å²) in [6.07, 6.45) is 4.47. The van der Waals surface area contributed by atoms with E-state index in [4.69, 9.17) is 0 Å². The lowest BCUT2D eigenvalue weighted by Crippen LogP contribution is -2.12. The second-order valence-electron chi connectivity index (χ2n) is 7.13. The maximum absolute atomic E-state index is 4.56. The molecule has 0 aromatic carbocycles. The Labute approximate surface area is 123 Å². The molecule has 0 spiro atoms. The van der Waals surface area contributed by atoms with Gasteiger partial charge in [-0.3, -0.25) is 0 Å². The Kier molecular flexibility index (Phi) is 2.80. The first kappa shape index (κ1) is 12.4. The van der Waals surface area contributed by atoms with Crippen LogP contribution in [-0.2, 0) is 11.9 Å². The Morgan fingerprint density at radius 3 is 2.47 bits per heavy atom. The van der Waals surface area contributed by atoms with Crippen LogP contribution in [0.2, 0.25) is 0 Å². The van der Waals surface area contributed by atoms with Crippen LogP contribution in [0.4, 0.5) is 0 Å². The van der Waals surface area contributed by atoms with Gasteiger partial charge in [-0.15, -0.1) is 10.2 Å². The normalized spacial score (nSPS) is 39.1. The summed E-state index contributed by atoms with van der Waals surface area (Å²) >= 11 is 3.56. The highest BCUT2D eigenvalue weighted by Crippen LogP contribution is 2.72. The zero-order valence-electron chi connectivity index (χ0n) is 11.7. The number of nitrogens with zero attached hydrogens (tertiary/aromatic N) is 3. The lowest BCUT2D eigenvalue weighted by molar-refractivity contribution is 0.456.